The Morgan fingerprint density at radius 1 is 1.64 bits per heavy atom. The summed E-state index contributed by atoms with van der Waals surface area (Å²) in [5.41, 5.74) is 6.86. The summed E-state index contributed by atoms with van der Waals surface area (Å²) in [5, 5.41) is 0. The molecule has 1 saturated carbocycles. The largest absolute Gasteiger partial charge is 0.364 e. The molecule has 1 aliphatic carbocycles. The van der Waals surface area contributed by atoms with Crippen molar-refractivity contribution in [2.24, 2.45) is 12.8 Å². The highest BCUT2D eigenvalue weighted by Gasteiger charge is 2.32. The molecule has 2 rings (SSSR count). The molecule has 1 aromatic rings. The molecule has 0 aliphatic heterocycles. The van der Waals surface area contributed by atoms with Crippen LogP contribution in [0.4, 0.5) is 0 Å². The van der Waals surface area contributed by atoms with E-state index in [1.807, 2.05) is 18.5 Å². The lowest BCUT2D eigenvalue weighted by atomic mass is 10.2. The monoisotopic (exact) mass is 193 g/mol. The first-order valence-corrected chi connectivity index (χ1v) is 5.00. The number of rotatable bonds is 3. The van der Waals surface area contributed by atoms with Crippen LogP contribution in [0.25, 0.3) is 0 Å². The van der Waals surface area contributed by atoms with E-state index in [4.69, 9.17) is 5.73 Å². The molecule has 0 aromatic carbocycles. The van der Waals surface area contributed by atoms with Crippen LogP contribution in [0.2, 0.25) is 0 Å². The minimum Gasteiger partial charge on any atom is -0.364 e. The quantitative estimate of drug-likeness (QED) is 0.777. The molecule has 1 fully saturated rings. The van der Waals surface area contributed by atoms with E-state index in [1.54, 1.807) is 0 Å². The van der Waals surface area contributed by atoms with Gasteiger partial charge in [-0.2, -0.15) is 0 Å². The van der Waals surface area contributed by atoms with Crippen LogP contribution >= 0.6 is 0 Å². The van der Waals surface area contributed by atoms with Gasteiger partial charge in [0.15, 0.2) is 0 Å². The Kier molecular flexibility index (Phi) is 2.06. The Bertz CT molecular complexity index is 377. The van der Waals surface area contributed by atoms with Crippen LogP contribution in [0.3, 0.4) is 0 Å². The van der Waals surface area contributed by atoms with Crippen molar-refractivity contribution in [3.05, 3.63) is 17.2 Å². The van der Waals surface area contributed by atoms with Crippen molar-refractivity contribution in [3.63, 3.8) is 0 Å². The van der Waals surface area contributed by atoms with Crippen molar-refractivity contribution in [2.75, 3.05) is 0 Å². The molecule has 1 amide bonds. The molecule has 0 saturated heterocycles. The number of nitrogens with zero attached hydrogens (tertiary/aromatic N) is 2. The summed E-state index contributed by atoms with van der Waals surface area (Å²) < 4.78 is 1.83. The smallest absolute Gasteiger partial charge is 0.267 e. The first-order valence-electron chi connectivity index (χ1n) is 5.00. The fraction of sp³-hybridized carbons (Fsp3) is 0.600. The zero-order chi connectivity index (χ0) is 10.3. The zero-order valence-electron chi connectivity index (χ0n) is 8.58. The Labute approximate surface area is 83.1 Å². The van der Waals surface area contributed by atoms with Crippen LogP contribution < -0.4 is 5.73 Å². The van der Waals surface area contributed by atoms with Gasteiger partial charge in [0, 0.05) is 19.4 Å². The van der Waals surface area contributed by atoms with Gasteiger partial charge in [-0.05, 0) is 12.8 Å². The van der Waals surface area contributed by atoms with E-state index in [2.05, 4.69) is 4.98 Å². The summed E-state index contributed by atoms with van der Waals surface area (Å²) in [6.45, 7) is 2.03. The predicted molar refractivity (Wildman–Crippen MR) is 53.1 cm³/mol. The van der Waals surface area contributed by atoms with E-state index in [-0.39, 0.29) is 5.91 Å². The number of aromatic nitrogens is 2. The minimum atomic E-state index is -0.360. The standard InChI is InChI=1S/C10H15N3O/c1-3-7-12-8(6-4-5-6)9(10(11)14)13(7)2/h6H,3-5H2,1-2H3,(H2,11,14). The molecular formula is C10H15N3O. The van der Waals surface area contributed by atoms with Gasteiger partial charge in [-0.3, -0.25) is 4.79 Å². The third-order valence-electron chi connectivity index (χ3n) is 2.73. The summed E-state index contributed by atoms with van der Waals surface area (Å²) in [6, 6.07) is 0. The molecule has 14 heavy (non-hydrogen) atoms. The number of hydrogen-bond acceptors (Lipinski definition) is 2. The van der Waals surface area contributed by atoms with Gasteiger partial charge in [0.1, 0.15) is 11.5 Å². The number of amides is 1. The van der Waals surface area contributed by atoms with Gasteiger partial charge >= 0.3 is 0 Å². The second kappa shape index (κ2) is 3.12. The van der Waals surface area contributed by atoms with Crippen molar-refractivity contribution in [1.29, 1.82) is 0 Å². The van der Waals surface area contributed by atoms with E-state index in [1.165, 1.54) is 0 Å². The van der Waals surface area contributed by atoms with Gasteiger partial charge in [-0.25, -0.2) is 4.98 Å². The third kappa shape index (κ3) is 1.31. The minimum absolute atomic E-state index is 0.360. The summed E-state index contributed by atoms with van der Waals surface area (Å²) in [7, 11) is 1.86. The van der Waals surface area contributed by atoms with Crippen molar-refractivity contribution in [2.45, 2.75) is 32.1 Å². The lowest BCUT2D eigenvalue weighted by Crippen LogP contribution is -2.17. The van der Waals surface area contributed by atoms with E-state index < -0.39 is 0 Å². The number of nitrogens with two attached hydrogens (primary N) is 1. The van der Waals surface area contributed by atoms with Crippen molar-refractivity contribution in [1.82, 2.24) is 9.55 Å². The Balaban J connectivity index is 2.51. The lowest BCUT2D eigenvalue weighted by Gasteiger charge is -2.01. The van der Waals surface area contributed by atoms with Crippen LogP contribution in [0.1, 0.15) is 47.7 Å². The Morgan fingerprint density at radius 3 is 2.71 bits per heavy atom. The SMILES string of the molecule is CCc1nc(C2CC2)c(C(N)=O)n1C. The van der Waals surface area contributed by atoms with Gasteiger partial charge < -0.3 is 10.3 Å². The van der Waals surface area contributed by atoms with E-state index in [9.17, 15) is 4.79 Å². The molecule has 0 spiro atoms. The fourth-order valence-electron chi connectivity index (χ4n) is 1.82. The number of carbonyl (C=O) groups is 1. The molecule has 0 radical (unpaired) electrons. The van der Waals surface area contributed by atoms with Gasteiger partial charge in [-0.1, -0.05) is 6.92 Å². The normalized spacial score (nSPS) is 15.9. The van der Waals surface area contributed by atoms with Gasteiger partial charge in [0.05, 0.1) is 5.69 Å². The summed E-state index contributed by atoms with van der Waals surface area (Å²) in [6.07, 6.45) is 3.12. The van der Waals surface area contributed by atoms with Crippen molar-refractivity contribution in [3.8, 4) is 0 Å². The molecule has 1 heterocycles. The van der Waals surface area contributed by atoms with Crippen LogP contribution in [-0.2, 0) is 13.5 Å². The van der Waals surface area contributed by atoms with E-state index in [0.717, 1.165) is 30.8 Å². The third-order valence-corrected chi connectivity index (χ3v) is 2.73. The molecular weight excluding hydrogens is 178 g/mol. The molecule has 4 nitrogen and oxygen atoms in total. The second-order valence-corrected chi connectivity index (χ2v) is 3.81. The summed E-state index contributed by atoms with van der Waals surface area (Å²) in [5.74, 6) is 1.06. The predicted octanol–water partition coefficient (Wildman–Crippen LogP) is 0.959. The Hall–Kier alpha value is -1.32. The molecule has 0 unspecified atom stereocenters. The summed E-state index contributed by atoms with van der Waals surface area (Å²) >= 11 is 0. The van der Waals surface area contributed by atoms with Gasteiger partial charge in [0.2, 0.25) is 0 Å². The first kappa shape index (κ1) is 9.24. The number of hydrogen-bond donors (Lipinski definition) is 1. The zero-order valence-corrected chi connectivity index (χ0v) is 8.58. The number of aryl methyl sites for hydroxylation is 1. The average molecular weight is 193 g/mol. The van der Waals surface area contributed by atoms with Crippen molar-refractivity contribution < 1.29 is 4.79 Å². The highest BCUT2D eigenvalue weighted by molar-refractivity contribution is 5.92. The van der Waals surface area contributed by atoms with Gasteiger partial charge in [-0.15, -0.1) is 0 Å². The molecule has 1 aromatic heterocycles. The number of carbonyl (C=O) groups excluding carboxylic acids is 1. The topological polar surface area (TPSA) is 60.9 Å². The van der Waals surface area contributed by atoms with E-state index >= 15 is 0 Å². The molecule has 76 valence electrons. The van der Waals surface area contributed by atoms with Crippen molar-refractivity contribution >= 4 is 5.91 Å². The molecule has 4 heteroatoms. The highest BCUT2D eigenvalue weighted by atomic mass is 16.1. The lowest BCUT2D eigenvalue weighted by molar-refractivity contribution is 0.0991. The summed E-state index contributed by atoms with van der Waals surface area (Å²) in [4.78, 5) is 15.7. The molecule has 0 bridgehead atoms. The van der Waals surface area contributed by atoms with Crippen LogP contribution in [0.5, 0.6) is 0 Å². The maximum atomic E-state index is 11.3. The fourth-order valence-corrected chi connectivity index (χ4v) is 1.82. The van der Waals surface area contributed by atoms with Gasteiger partial charge in [0.25, 0.3) is 5.91 Å². The maximum absolute atomic E-state index is 11.3. The molecule has 0 atom stereocenters. The van der Waals surface area contributed by atoms with E-state index in [0.29, 0.717) is 11.6 Å². The van der Waals surface area contributed by atoms with Crippen LogP contribution in [0.15, 0.2) is 0 Å². The maximum Gasteiger partial charge on any atom is 0.267 e. The second-order valence-electron chi connectivity index (χ2n) is 3.81. The molecule has 1 aliphatic rings. The number of primary amides is 1. The van der Waals surface area contributed by atoms with Crippen LogP contribution in [-0.4, -0.2) is 15.5 Å². The van der Waals surface area contributed by atoms with Crippen LogP contribution in [0, 0.1) is 0 Å². The highest BCUT2D eigenvalue weighted by Crippen LogP contribution is 2.41. The Morgan fingerprint density at radius 2 is 2.29 bits per heavy atom. The first-order chi connectivity index (χ1) is 6.65. The molecule has 2 N–H and O–H groups in total. The average Bonchev–Trinajstić information content (AvgIpc) is 2.90. The number of imidazole rings is 1.